The van der Waals surface area contributed by atoms with Crippen LogP contribution in [0.25, 0.3) is 11.1 Å². The molecule has 19 heavy (non-hydrogen) atoms. The van der Waals surface area contributed by atoms with E-state index < -0.39 is 22.2 Å². The maximum absolute atomic E-state index is 13.1. The third-order valence-corrected chi connectivity index (χ3v) is 2.76. The van der Waals surface area contributed by atoms with Gasteiger partial charge < -0.3 is 5.73 Å². The third-order valence-electron chi connectivity index (χ3n) is 2.38. The first-order valence-corrected chi connectivity index (χ1v) is 5.32. The molecule has 0 aliphatic carbocycles. The molecule has 0 radical (unpaired) electrons. The van der Waals surface area contributed by atoms with Crippen molar-refractivity contribution in [3.05, 3.63) is 51.2 Å². The Bertz CT molecular complexity index is 659. The van der Waals surface area contributed by atoms with E-state index in [2.05, 4.69) is 4.98 Å². The molecule has 1 heterocycles. The summed E-state index contributed by atoms with van der Waals surface area (Å²) in [6.45, 7) is 0. The molecule has 0 fully saturated rings. The molecule has 0 unspecified atom stereocenters. The minimum atomic E-state index is -0.828. The third kappa shape index (κ3) is 2.45. The summed E-state index contributed by atoms with van der Waals surface area (Å²) in [5.41, 5.74) is 4.82. The number of nitrogen functional groups attached to an aromatic ring is 1. The highest BCUT2D eigenvalue weighted by Crippen LogP contribution is 2.37. The molecule has 8 heteroatoms. The number of nitrogens with zero attached hydrogens (tertiary/aromatic N) is 2. The van der Waals surface area contributed by atoms with Crippen molar-refractivity contribution < 1.29 is 13.7 Å². The topological polar surface area (TPSA) is 82.0 Å². The van der Waals surface area contributed by atoms with Crippen LogP contribution in [0.5, 0.6) is 0 Å². The first-order valence-electron chi connectivity index (χ1n) is 4.95. The average Bonchev–Trinajstić information content (AvgIpc) is 2.26. The SMILES string of the molecule is Nc1ncc(-c2cc(F)cc(F)c2)c(Cl)c1[N+](=O)[O-]. The Morgan fingerprint density at radius 2 is 1.84 bits per heavy atom. The highest BCUT2D eigenvalue weighted by atomic mass is 35.5. The highest BCUT2D eigenvalue weighted by molar-refractivity contribution is 6.35. The number of rotatable bonds is 2. The Labute approximate surface area is 110 Å². The molecule has 98 valence electrons. The summed E-state index contributed by atoms with van der Waals surface area (Å²) in [5, 5.41) is 10.5. The molecule has 0 bridgehead atoms. The van der Waals surface area contributed by atoms with Crippen molar-refractivity contribution in [3.63, 3.8) is 0 Å². The van der Waals surface area contributed by atoms with Crippen LogP contribution in [0.15, 0.2) is 24.4 Å². The Morgan fingerprint density at radius 1 is 1.26 bits per heavy atom. The fourth-order valence-corrected chi connectivity index (χ4v) is 1.90. The predicted octanol–water partition coefficient (Wildman–Crippen LogP) is 3.17. The van der Waals surface area contributed by atoms with E-state index in [1.54, 1.807) is 0 Å². The lowest BCUT2D eigenvalue weighted by Crippen LogP contribution is -2.00. The van der Waals surface area contributed by atoms with E-state index >= 15 is 0 Å². The molecule has 1 aromatic heterocycles. The van der Waals surface area contributed by atoms with Gasteiger partial charge in [-0.05, 0) is 17.7 Å². The number of anilines is 1. The van der Waals surface area contributed by atoms with Gasteiger partial charge in [-0.15, -0.1) is 0 Å². The molecule has 1 aromatic carbocycles. The summed E-state index contributed by atoms with van der Waals surface area (Å²) in [6.07, 6.45) is 1.12. The van der Waals surface area contributed by atoms with Crippen LogP contribution >= 0.6 is 11.6 Å². The smallest absolute Gasteiger partial charge is 0.330 e. The largest absolute Gasteiger partial charge is 0.378 e. The van der Waals surface area contributed by atoms with Gasteiger partial charge in [0.15, 0.2) is 0 Å². The van der Waals surface area contributed by atoms with Crippen LogP contribution < -0.4 is 5.73 Å². The van der Waals surface area contributed by atoms with Gasteiger partial charge in [-0.1, -0.05) is 11.6 Å². The maximum Gasteiger partial charge on any atom is 0.330 e. The average molecular weight is 286 g/mol. The van der Waals surface area contributed by atoms with E-state index in [1.165, 1.54) is 0 Å². The normalized spacial score (nSPS) is 10.5. The fraction of sp³-hybridized carbons (Fsp3) is 0. The zero-order chi connectivity index (χ0) is 14.2. The second-order valence-corrected chi connectivity index (χ2v) is 4.01. The van der Waals surface area contributed by atoms with Crippen molar-refractivity contribution in [2.75, 3.05) is 5.73 Å². The summed E-state index contributed by atoms with van der Waals surface area (Å²) in [5.74, 6) is -2.02. The van der Waals surface area contributed by atoms with Crippen LogP contribution in [-0.4, -0.2) is 9.91 Å². The Balaban J connectivity index is 2.70. The number of hydrogen-bond acceptors (Lipinski definition) is 4. The molecule has 0 spiro atoms. The van der Waals surface area contributed by atoms with E-state index in [9.17, 15) is 18.9 Å². The molecule has 0 saturated heterocycles. The summed E-state index contributed by atoms with van der Waals surface area (Å²) in [6, 6.07) is 2.66. The Morgan fingerprint density at radius 3 is 2.37 bits per heavy atom. The Kier molecular flexibility index (Phi) is 3.30. The minimum Gasteiger partial charge on any atom is -0.378 e. The molecule has 0 aliphatic heterocycles. The lowest BCUT2D eigenvalue weighted by Gasteiger charge is -2.06. The van der Waals surface area contributed by atoms with E-state index in [4.69, 9.17) is 17.3 Å². The Hall–Kier alpha value is -2.28. The van der Waals surface area contributed by atoms with Crippen molar-refractivity contribution in [2.24, 2.45) is 0 Å². The number of aromatic nitrogens is 1. The van der Waals surface area contributed by atoms with Crippen molar-refractivity contribution in [1.29, 1.82) is 0 Å². The number of nitrogens with two attached hydrogens (primary N) is 1. The summed E-state index contributed by atoms with van der Waals surface area (Å²) >= 11 is 5.84. The van der Waals surface area contributed by atoms with Gasteiger partial charge in [0.05, 0.1) is 4.92 Å². The molecule has 5 nitrogen and oxygen atoms in total. The number of pyridine rings is 1. The number of nitro groups is 1. The second kappa shape index (κ2) is 4.77. The van der Waals surface area contributed by atoms with Crippen LogP contribution in [0.4, 0.5) is 20.3 Å². The second-order valence-electron chi connectivity index (χ2n) is 3.63. The van der Waals surface area contributed by atoms with E-state index in [0.717, 1.165) is 18.3 Å². The quantitative estimate of drug-likeness (QED) is 0.678. The van der Waals surface area contributed by atoms with Crippen LogP contribution in [0.2, 0.25) is 5.02 Å². The van der Waals surface area contributed by atoms with Gasteiger partial charge >= 0.3 is 5.69 Å². The fourth-order valence-electron chi connectivity index (χ4n) is 1.58. The molecule has 0 aliphatic rings. The van der Waals surface area contributed by atoms with Gasteiger partial charge in [-0.2, -0.15) is 0 Å². The van der Waals surface area contributed by atoms with Crippen LogP contribution in [0, 0.1) is 21.7 Å². The number of halogens is 3. The van der Waals surface area contributed by atoms with Gasteiger partial charge in [-0.25, -0.2) is 13.8 Å². The van der Waals surface area contributed by atoms with Crippen LogP contribution in [0.1, 0.15) is 0 Å². The molecular weight excluding hydrogens is 280 g/mol. The van der Waals surface area contributed by atoms with E-state index in [0.29, 0.717) is 6.07 Å². The van der Waals surface area contributed by atoms with Crippen molar-refractivity contribution >= 4 is 23.1 Å². The molecule has 2 N–H and O–H groups in total. The standard InChI is InChI=1S/C11H6ClF2N3O2/c12-9-8(4-16-11(15)10(9)17(18)19)5-1-6(13)3-7(14)2-5/h1-4H,(H2,15,16). The molecule has 2 aromatic rings. The zero-order valence-corrected chi connectivity index (χ0v) is 9.99. The lowest BCUT2D eigenvalue weighted by molar-refractivity contribution is -0.384. The van der Waals surface area contributed by atoms with Crippen LogP contribution in [-0.2, 0) is 0 Å². The first kappa shape index (κ1) is 13.2. The van der Waals surface area contributed by atoms with E-state index in [-0.39, 0.29) is 22.0 Å². The number of benzene rings is 1. The molecular formula is C11H6ClF2N3O2. The van der Waals surface area contributed by atoms with Gasteiger partial charge in [0.25, 0.3) is 0 Å². The predicted molar refractivity (Wildman–Crippen MR) is 65.7 cm³/mol. The van der Waals surface area contributed by atoms with Gasteiger partial charge in [0.1, 0.15) is 16.7 Å². The van der Waals surface area contributed by atoms with Gasteiger partial charge in [0.2, 0.25) is 5.82 Å². The molecule has 2 rings (SSSR count). The zero-order valence-electron chi connectivity index (χ0n) is 9.23. The maximum atomic E-state index is 13.1. The molecule has 0 atom stereocenters. The minimum absolute atomic E-state index is 0.0287. The van der Waals surface area contributed by atoms with E-state index in [1.807, 2.05) is 0 Å². The van der Waals surface area contributed by atoms with Crippen molar-refractivity contribution in [1.82, 2.24) is 4.98 Å². The van der Waals surface area contributed by atoms with Gasteiger partial charge in [0, 0.05) is 17.8 Å². The first-order chi connectivity index (χ1) is 8.90. The monoisotopic (exact) mass is 285 g/mol. The van der Waals surface area contributed by atoms with Crippen molar-refractivity contribution in [3.8, 4) is 11.1 Å². The number of hydrogen-bond donors (Lipinski definition) is 1. The summed E-state index contributed by atoms with van der Waals surface area (Å²) in [4.78, 5) is 13.6. The lowest BCUT2D eigenvalue weighted by atomic mass is 10.1. The van der Waals surface area contributed by atoms with Crippen molar-refractivity contribution in [2.45, 2.75) is 0 Å². The van der Waals surface area contributed by atoms with Gasteiger partial charge in [-0.3, -0.25) is 10.1 Å². The summed E-state index contributed by atoms with van der Waals surface area (Å²) in [7, 11) is 0. The molecule has 0 saturated carbocycles. The summed E-state index contributed by atoms with van der Waals surface area (Å²) < 4.78 is 26.2. The molecule has 0 amide bonds. The highest BCUT2D eigenvalue weighted by Gasteiger charge is 2.22. The van der Waals surface area contributed by atoms with Crippen LogP contribution in [0.3, 0.4) is 0 Å².